The molecule has 1 amide bonds. The van der Waals surface area contributed by atoms with Gasteiger partial charge < -0.3 is 22.1 Å². The van der Waals surface area contributed by atoms with Crippen LogP contribution in [0.15, 0.2) is 18.5 Å². The van der Waals surface area contributed by atoms with Gasteiger partial charge in [-0.1, -0.05) is 12.8 Å². The van der Waals surface area contributed by atoms with Crippen LogP contribution in [-0.4, -0.2) is 38.0 Å². The molecule has 1 fully saturated rings. The van der Waals surface area contributed by atoms with Gasteiger partial charge in [-0.15, -0.1) is 5.10 Å². The van der Waals surface area contributed by atoms with E-state index in [2.05, 4.69) is 25.8 Å². The van der Waals surface area contributed by atoms with Crippen molar-refractivity contribution < 1.29 is 4.79 Å². The number of rotatable bonds is 5. The Morgan fingerprint density at radius 3 is 2.79 bits per heavy atom. The number of hydrogen-bond acceptors (Lipinski definition) is 7. The summed E-state index contributed by atoms with van der Waals surface area (Å²) in [6.45, 7) is 0. The van der Waals surface area contributed by atoms with Crippen LogP contribution in [0.1, 0.15) is 36.2 Å². The predicted octanol–water partition coefficient (Wildman–Crippen LogP) is 0.734. The lowest BCUT2D eigenvalue weighted by molar-refractivity contribution is 0.0996. The highest BCUT2D eigenvalue weighted by atomic mass is 16.1. The van der Waals surface area contributed by atoms with Crippen molar-refractivity contribution in [3.8, 4) is 0 Å². The molecule has 2 atom stereocenters. The van der Waals surface area contributed by atoms with E-state index in [1.54, 1.807) is 25.5 Å². The average Bonchev–Trinajstić information content (AvgIpc) is 2.94. The summed E-state index contributed by atoms with van der Waals surface area (Å²) in [5.41, 5.74) is 13.0. The lowest BCUT2D eigenvalue weighted by atomic mass is 9.91. The van der Waals surface area contributed by atoms with Crippen LogP contribution in [0.4, 0.5) is 17.2 Å². The summed E-state index contributed by atoms with van der Waals surface area (Å²) in [5.74, 6) is -0.101. The van der Waals surface area contributed by atoms with E-state index in [9.17, 15) is 4.79 Å². The molecule has 3 rings (SSSR count). The zero-order chi connectivity index (χ0) is 17.1. The maximum atomic E-state index is 11.6. The number of carbonyl (C=O) groups excluding carboxylic acids is 1. The van der Waals surface area contributed by atoms with Crippen LogP contribution in [0.3, 0.4) is 0 Å². The third-order valence-electron chi connectivity index (χ3n) is 4.15. The Morgan fingerprint density at radius 1 is 1.33 bits per heavy atom. The molecule has 0 spiro atoms. The van der Waals surface area contributed by atoms with Crippen LogP contribution in [-0.2, 0) is 7.05 Å². The Labute approximate surface area is 139 Å². The monoisotopic (exact) mass is 330 g/mol. The molecule has 1 saturated carbocycles. The van der Waals surface area contributed by atoms with Crippen molar-refractivity contribution in [2.24, 2.45) is 18.5 Å². The zero-order valence-electron chi connectivity index (χ0n) is 13.6. The van der Waals surface area contributed by atoms with Gasteiger partial charge in [0.1, 0.15) is 0 Å². The van der Waals surface area contributed by atoms with Gasteiger partial charge in [0.05, 0.1) is 23.8 Å². The van der Waals surface area contributed by atoms with E-state index >= 15 is 0 Å². The molecular formula is C15H22N8O. The van der Waals surface area contributed by atoms with Crippen LogP contribution in [0, 0.1) is 0 Å². The second-order valence-electron chi connectivity index (χ2n) is 6.03. The largest absolute Gasteiger partial charge is 0.379 e. The number of pyridine rings is 1. The molecule has 128 valence electrons. The van der Waals surface area contributed by atoms with Crippen molar-refractivity contribution in [3.05, 3.63) is 24.2 Å². The maximum Gasteiger partial charge on any atom is 0.269 e. The van der Waals surface area contributed by atoms with Crippen LogP contribution in [0.25, 0.3) is 0 Å². The molecule has 6 N–H and O–H groups in total. The van der Waals surface area contributed by atoms with Crippen LogP contribution in [0.2, 0.25) is 0 Å². The molecule has 2 heterocycles. The van der Waals surface area contributed by atoms with Gasteiger partial charge in [-0.2, -0.15) is 9.90 Å². The molecule has 2 aromatic heterocycles. The van der Waals surface area contributed by atoms with Crippen molar-refractivity contribution >= 4 is 23.1 Å². The third kappa shape index (κ3) is 3.62. The molecule has 0 aromatic carbocycles. The van der Waals surface area contributed by atoms with E-state index in [0.717, 1.165) is 31.4 Å². The molecule has 0 aliphatic heterocycles. The number of aromatic nitrogens is 4. The average molecular weight is 330 g/mol. The fraction of sp³-hybridized carbons (Fsp3) is 0.467. The molecule has 0 radical (unpaired) electrons. The van der Waals surface area contributed by atoms with E-state index in [-0.39, 0.29) is 17.8 Å². The number of aryl methyl sites for hydroxylation is 1. The van der Waals surface area contributed by atoms with E-state index in [0.29, 0.717) is 11.5 Å². The Bertz CT molecular complexity index is 728. The topological polar surface area (TPSA) is 137 Å². The lowest BCUT2D eigenvalue weighted by Gasteiger charge is -2.30. The zero-order valence-corrected chi connectivity index (χ0v) is 13.6. The van der Waals surface area contributed by atoms with E-state index < -0.39 is 5.91 Å². The molecule has 9 heteroatoms. The summed E-state index contributed by atoms with van der Waals surface area (Å²) in [6.07, 6.45) is 7.51. The third-order valence-corrected chi connectivity index (χ3v) is 4.15. The van der Waals surface area contributed by atoms with Crippen molar-refractivity contribution in [2.75, 3.05) is 10.6 Å². The van der Waals surface area contributed by atoms with Gasteiger partial charge in [0.2, 0.25) is 0 Å². The fourth-order valence-corrected chi connectivity index (χ4v) is 2.93. The summed E-state index contributed by atoms with van der Waals surface area (Å²) in [7, 11) is 1.71. The first-order valence-electron chi connectivity index (χ1n) is 7.98. The quantitative estimate of drug-likeness (QED) is 0.634. The summed E-state index contributed by atoms with van der Waals surface area (Å²) in [5, 5.41) is 14.6. The first kappa shape index (κ1) is 16.2. The molecule has 1 aliphatic carbocycles. The van der Waals surface area contributed by atoms with Crippen molar-refractivity contribution in [1.29, 1.82) is 0 Å². The Hall–Kier alpha value is -2.68. The predicted molar refractivity (Wildman–Crippen MR) is 90.9 cm³/mol. The van der Waals surface area contributed by atoms with Crippen molar-refractivity contribution in [2.45, 2.75) is 37.8 Å². The van der Waals surface area contributed by atoms with Crippen LogP contribution in [0.5, 0.6) is 0 Å². The second-order valence-corrected chi connectivity index (χ2v) is 6.03. The van der Waals surface area contributed by atoms with Crippen LogP contribution < -0.4 is 22.1 Å². The van der Waals surface area contributed by atoms with E-state index in [1.165, 1.54) is 4.80 Å². The first-order valence-corrected chi connectivity index (χ1v) is 7.98. The van der Waals surface area contributed by atoms with Gasteiger partial charge in [0.25, 0.3) is 5.91 Å². The molecular weight excluding hydrogens is 308 g/mol. The number of anilines is 3. The van der Waals surface area contributed by atoms with Crippen LogP contribution >= 0.6 is 0 Å². The molecule has 0 unspecified atom stereocenters. The Morgan fingerprint density at radius 2 is 2.12 bits per heavy atom. The highest BCUT2D eigenvalue weighted by Gasteiger charge is 2.22. The maximum absolute atomic E-state index is 11.6. The SMILES string of the molecule is Cn1ncc(Nc2cc(N[C@@H]3CCCC[C@@H]3N)cnc2C(N)=O)n1. The molecule has 2 aromatic rings. The fourth-order valence-electron chi connectivity index (χ4n) is 2.93. The molecule has 0 bridgehead atoms. The minimum absolute atomic E-state index is 0.117. The number of primary amides is 1. The number of amides is 1. The first-order chi connectivity index (χ1) is 11.5. The van der Waals surface area contributed by atoms with Crippen molar-refractivity contribution in [3.63, 3.8) is 0 Å². The van der Waals surface area contributed by atoms with Gasteiger partial charge in [-0.25, -0.2) is 4.98 Å². The highest BCUT2D eigenvalue weighted by Crippen LogP contribution is 2.25. The van der Waals surface area contributed by atoms with Crippen molar-refractivity contribution in [1.82, 2.24) is 20.0 Å². The normalized spacial score (nSPS) is 20.6. The highest BCUT2D eigenvalue weighted by molar-refractivity contribution is 5.97. The molecule has 9 nitrogen and oxygen atoms in total. The Kier molecular flexibility index (Phi) is 4.61. The standard InChI is InChI=1S/C15H22N8O/c1-23-19-8-13(22-23)21-12-6-9(7-18-14(12)15(17)24)20-11-5-3-2-4-10(11)16/h6-8,10-11,20H,2-5,16H2,1H3,(H2,17,24)(H,21,22)/t10-,11+/m0/s1. The molecule has 24 heavy (non-hydrogen) atoms. The lowest BCUT2D eigenvalue weighted by Crippen LogP contribution is -2.42. The second kappa shape index (κ2) is 6.83. The Balaban J connectivity index is 1.83. The summed E-state index contributed by atoms with van der Waals surface area (Å²) in [6, 6.07) is 2.11. The van der Waals surface area contributed by atoms with Gasteiger partial charge in [0, 0.05) is 19.1 Å². The number of nitrogens with zero attached hydrogens (tertiary/aromatic N) is 4. The van der Waals surface area contributed by atoms with E-state index in [4.69, 9.17) is 11.5 Å². The van der Waals surface area contributed by atoms with Gasteiger partial charge >= 0.3 is 0 Å². The number of nitrogens with two attached hydrogens (primary N) is 2. The van der Waals surface area contributed by atoms with E-state index in [1.807, 2.05) is 0 Å². The van der Waals surface area contributed by atoms with Gasteiger partial charge in [-0.05, 0) is 18.9 Å². The smallest absolute Gasteiger partial charge is 0.269 e. The summed E-state index contributed by atoms with van der Waals surface area (Å²) >= 11 is 0. The molecule has 1 aliphatic rings. The summed E-state index contributed by atoms with van der Waals surface area (Å²) in [4.78, 5) is 17.2. The molecule has 0 saturated heterocycles. The number of hydrogen-bond donors (Lipinski definition) is 4. The minimum Gasteiger partial charge on any atom is -0.379 e. The van der Waals surface area contributed by atoms with Gasteiger partial charge in [-0.3, -0.25) is 4.79 Å². The number of nitrogens with one attached hydrogen (secondary N) is 2. The summed E-state index contributed by atoms with van der Waals surface area (Å²) < 4.78 is 0. The number of carbonyl (C=O) groups is 1. The van der Waals surface area contributed by atoms with Gasteiger partial charge in [0.15, 0.2) is 11.5 Å². The minimum atomic E-state index is -0.609.